The predicted molar refractivity (Wildman–Crippen MR) is 101 cm³/mol. The van der Waals surface area contributed by atoms with E-state index >= 15 is 0 Å². The minimum atomic E-state index is -0.497. The van der Waals surface area contributed by atoms with E-state index in [0.717, 1.165) is 16.2 Å². The fraction of sp³-hybridized carbons (Fsp3) is 0.0556. The van der Waals surface area contributed by atoms with Crippen molar-refractivity contribution in [3.63, 3.8) is 0 Å². The fourth-order valence-electron chi connectivity index (χ4n) is 2.66. The standard InChI is InChI=1S/C18H11ClFN3O2S/c19-12-7-10(20)5-6-13(12)22-15(24)8-23-9-21-16-11-3-1-2-4-14(11)26-17(16)18(23)25/h1-7,9H,8H2,(H,22,24). The summed E-state index contributed by atoms with van der Waals surface area (Å²) in [5, 5.41) is 3.57. The second-order valence-electron chi connectivity index (χ2n) is 5.63. The molecule has 1 N–H and O–H groups in total. The van der Waals surface area contributed by atoms with E-state index in [9.17, 15) is 14.0 Å². The van der Waals surface area contributed by atoms with Gasteiger partial charge in [0.25, 0.3) is 5.56 Å². The molecule has 8 heteroatoms. The lowest BCUT2D eigenvalue weighted by molar-refractivity contribution is -0.116. The van der Waals surface area contributed by atoms with Crippen LogP contribution in [0, 0.1) is 5.82 Å². The number of benzene rings is 2. The Kier molecular flexibility index (Phi) is 4.18. The van der Waals surface area contributed by atoms with Crippen LogP contribution in [0.25, 0.3) is 20.3 Å². The zero-order valence-corrected chi connectivity index (χ0v) is 14.8. The second-order valence-corrected chi connectivity index (χ2v) is 7.09. The van der Waals surface area contributed by atoms with E-state index in [1.54, 1.807) is 0 Å². The first-order valence-corrected chi connectivity index (χ1v) is 8.84. The normalized spacial score (nSPS) is 11.2. The number of halogens is 2. The molecule has 0 spiro atoms. The van der Waals surface area contributed by atoms with Crippen molar-refractivity contribution in [1.29, 1.82) is 0 Å². The van der Waals surface area contributed by atoms with Crippen molar-refractivity contribution < 1.29 is 9.18 Å². The molecule has 2 heterocycles. The number of hydrogen-bond donors (Lipinski definition) is 1. The van der Waals surface area contributed by atoms with Crippen molar-refractivity contribution in [3.05, 3.63) is 70.0 Å². The fourth-order valence-corrected chi connectivity index (χ4v) is 3.98. The van der Waals surface area contributed by atoms with Gasteiger partial charge in [0.1, 0.15) is 17.1 Å². The van der Waals surface area contributed by atoms with Crippen LogP contribution in [0.15, 0.2) is 53.6 Å². The molecule has 26 heavy (non-hydrogen) atoms. The van der Waals surface area contributed by atoms with Crippen LogP contribution in [0.5, 0.6) is 0 Å². The van der Waals surface area contributed by atoms with Gasteiger partial charge in [-0.25, -0.2) is 9.37 Å². The molecule has 0 saturated carbocycles. The molecule has 0 unspecified atom stereocenters. The summed E-state index contributed by atoms with van der Waals surface area (Å²) in [6, 6.07) is 11.3. The number of rotatable bonds is 3. The van der Waals surface area contributed by atoms with Gasteiger partial charge in [0.05, 0.1) is 22.6 Å². The van der Waals surface area contributed by atoms with Crippen LogP contribution >= 0.6 is 22.9 Å². The molecule has 0 aliphatic heterocycles. The number of anilines is 1. The van der Waals surface area contributed by atoms with Gasteiger partial charge in [-0.2, -0.15) is 0 Å². The Morgan fingerprint density at radius 3 is 2.88 bits per heavy atom. The van der Waals surface area contributed by atoms with Gasteiger partial charge in [-0.05, 0) is 24.3 Å². The molecule has 0 bridgehead atoms. The number of nitrogens with zero attached hydrogens (tertiary/aromatic N) is 2. The van der Waals surface area contributed by atoms with Crippen LogP contribution in [0.3, 0.4) is 0 Å². The van der Waals surface area contributed by atoms with Gasteiger partial charge in [0.2, 0.25) is 5.91 Å². The smallest absolute Gasteiger partial charge is 0.271 e. The van der Waals surface area contributed by atoms with E-state index in [4.69, 9.17) is 11.6 Å². The molecule has 5 nitrogen and oxygen atoms in total. The molecular weight excluding hydrogens is 377 g/mol. The summed E-state index contributed by atoms with van der Waals surface area (Å²) < 4.78 is 15.8. The monoisotopic (exact) mass is 387 g/mol. The number of carbonyl (C=O) groups is 1. The van der Waals surface area contributed by atoms with Crippen LogP contribution in [0.1, 0.15) is 0 Å². The van der Waals surface area contributed by atoms with E-state index < -0.39 is 11.7 Å². The molecule has 0 radical (unpaired) electrons. The molecule has 4 aromatic rings. The van der Waals surface area contributed by atoms with E-state index in [2.05, 4.69) is 10.3 Å². The first-order chi connectivity index (χ1) is 12.5. The van der Waals surface area contributed by atoms with Gasteiger partial charge in [-0.3, -0.25) is 14.2 Å². The maximum Gasteiger partial charge on any atom is 0.271 e. The third-order valence-electron chi connectivity index (χ3n) is 3.87. The molecule has 2 aromatic heterocycles. The quantitative estimate of drug-likeness (QED) is 0.577. The summed E-state index contributed by atoms with van der Waals surface area (Å²) in [5.74, 6) is -0.952. The topological polar surface area (TPSA) is 64.0 Å². The van der Waals surface area contributed by atoms with Crippen LogP contribution in [-0.2, 0) is 11.3 Å². The SMILES string of the molecule is O=C(Cn1cnc2c(sc3ccccc32)c1=O)Nc1ccc(F)cc1Cl. The zero-order valence-electron chi connectivity index (χ0n) is 13.2. The average Bonchev–Trinajstić information content (AvgIpc) is 2.99. The maximum absolute atomic E-state index is 13.1. The highest BCUT2D eigenvalue weighted by Gasteiger charge is 2.13. The Balaban J connectivity index is 1.64. The van der Waals surface area contributed by atoms with E-state index in [-0.39, 0.29) is 22.8 Å². The van der Waals surface area contributed by atoms with Gasteiger partial charge in [-0.1, -0.05) is 29.8 Å². The van der Waals surface area contributed by atoms with Crippen molar-refractivity contribution in [2.45, 2.75) is 6.54 Å². The molecule has 1 amide bonds. The van der Waals surface area contributed by atoms with Crippen molar-refractivity contribution in [2.24, 2.45) is 0 Å². The molecular formula is C18H11ClFN3O2S. The summed E-state index contributed by atoms with van der Waals surface area (Å²) in [6.45, 7) is -0.219. The number of carbonyl (C=O) groups excluding carboxylic acids is 1. The van der Waals surface area contributed by atoms with Gasteiger partial charge in [-0.15, -0.1) is 11.3 Å². The maximum atomic E-state index is 13.1. The summed E-state index contributed by atoms with van der Waals surface area (Å²) in [5.41, 5.74) is 0.632. The van der Waals surface area contributed by atoms with E-state index in [1.165, 1.54) is 34.4 Å². The number of amides is 1. The van der Waals surface area contributed by atoms with E-state index in [0.29, 0.717) is 10.2 Å². The lowest BCUT2D eigenvalue weighted by Crippen LogP contribution is -2.27. The number of thiophene rings is 1. The van der Waals surface area contributed by atoms with Gasteiger partial charge >= 0.3 is 0 Å². The first-order valence-electron chi connectivity index (χ1n) is 7.64. The molecule has 0 aliphatic rings. The Hall–Kier alpha value is -2.77. The minimum absolute atomic E-state index is 0.0868. The van der Waals surface area contributed by atoms with Crippen LogP contribution in [-0.4, -0.2) is 15.5 Å². The number of nitrogens with one attached hydrogen (secondary N) is 1. The number of aromatic nitrogens is 2. The summed E-state index contributed by atoms with van der Waals surface area (Å²) >= 11 is 7.24. The third-order valence-corrected chi connectivity index (χ3v) is 5.33. The third kappa shape index (κ3) is 2.95. The first kappa shape index (κ1) is 16.7. The van der Waals surface area contributed by atoms with Crippen molar-refractivity contribution in [1.82, 2.24) is 9.55 Å². The summed E-state index contributed by atoms with van der Waals surface area (Å²) in [6.07, 6.45) is 1.36. The molecule has 0 fully saturated rings. The van der Waals surface area contributed by atoms with Gasteiger partial charge < -0.3 is 5.32 Å². The van der Waals surface area contributed by atoms with Gasteiger partial charge in [0, 0.05) is 10.1 Å². The Morgan fingerprint density at radius 2 is 2.08 bits per heavy atom. The van der Waals surface area contributed by atoms with Crippen LogP contribution < -0.4 is 10.9 Å². The van der Waals surface area contributed by atoms with Crippen LogP contribution in [0.2, 0.25) is 5.02 Å². The highest BCUT2D eigenvalue weighted by atomic mass is 35.5. The van der Waals surface area contributed by atoms with Crippen LogP contribution in [0.4, 0.5) is 10.1 Å². The highest BCUT2D eigenvalue weighted by Crippen LogP contribution is 2.29. The average molecular weight is 388 g/mol. The molecule has 0 saturated heterocycles. The zero-order chi connectivity index (χ0) is 18.3. The molecule has 130 valence electrons. The Bertz CT molecular complexity index is 1220. The molecule has 2 aromatic carbocycles. The predicted octanol–water partition coefficient (Wildman–Crippen LogP) is 4.04. The van der Waals surface area contributed by atoms with Crippen molar-refractivity contribution in [3.8, 4) is 0 Å². The Labute approximate surface area is 155 Å². The highest BCUT2D eigenvalue weighted by molar-refractivity contribution is 7.25. The van der Waals surface area contributed by atoms with Crippen molar-refractivity contribution in [2.75, 3.05) is 5.32 Å². The number of hydrogen-bond acceptors (Lipinski definition) is 4. The number of fused-ring (bicyclic) bond motifs is 3. The molecule has 0 atom stereocenters. The lowest BCUT2D eigenvalue weighted by Gasteiger charge is -2.08. The second kappa shape index (κ2) is 6.51. The summed E-state index contributed by atoms with van der Waals surface area (Å²) in [4.78, 5) is 29.2. The molecule has 0 aliphatic carbocycles. The summed E-state index contributed by atoms with van der Waals surface area (Å²) in [7, 11) is 0. The van der Waals surface area contributed by atoms with Crippen molar-refractivity contribution >= 4 is 54.8 Å². The largest absolute Gasteiger partial charge is 0.323 e. The molecule has 4 rings (SSSR count). The van der Waals surface area contributed by atoms with E-state index in [1.807, 2.05) is 24.3 Å². The Morgan fingerprint density at radius 1 is 1.27 bits per heavy atom. The van der Waals surface area contributed by atoms with Gasteiger partial charge in [0.15, 0.2) is 0 Å². The lowest BCUT2D eigenvalue weighted by atomic mass is 10.2. The minimum Gasteiger partial charge on any atom is -0.323 e.